The molecule has 0 saturated carbocycles. The highest BCUT2D eigenvalue weighted by Gasteiger charge is 2.22. The van der Waals surface area contributed by atoms with E-state index in [-0.39, 0.29) is 19.4 Å². The molecule has 0 radical (unpaired) electrons. The van der Waals surface area contributed by atoms with E-state index in [1.807, 2.05) is 0 Å². The van der Waals surface area contributed by atoms with Gasteiger partial charge in [-0.25, -0.2) is 4.57 Å². The number of phosphoric ester groups is 1. The summed E-state index contributed by atoms with van der Waals surface area (Å²) in [4.78, 5) is 42.5. The van der Waals surface area contributed by atoms with Crippen LogP contribution in [0.1, 0.15) is 167 Å². The lowest BCUT2D eigenvalue weighted by molar-refractivity contribution is -0.161. The van der Waals surface area contributed by atoms with Gasteiger partial charge in [-0.15, -0.1) is 0 Å². The molecule has 254 valence electrons. The molecular formula is C34H64O8P-. The number of carbonyl (C=O) groups excluding carboxylic acids is 2. The van der Waals surface area contributed by atoms with E-state index in [4.69, 9.17) is 19.3 Å². The van der Waals surface area contributed by atoms with Crippen LogP contribution in [0.15, 0.2) is 12.2 Å². The molecule has 0 spiro atoms. The molecular weight excluding hydrogens is 567 g/mol. The minimum Gasteiger partial charge on any atom is -0.462 e. The maximum atomic E-state index is 12.3. The summed E-state index contributed by atoms with van der Waals surface area (Å²) in [5.74, 6) is -0.898. The van der Waals surface area contributed by atoms with E-state index in [9.17, 15) is 14.2 Å². The first-order chi connectivity index (χ1) is 20.8. The molecule has 0 amide bonds. The summed E-state index contributed by atoms with van der Waals surface area (Å²) in [6, 6.07) is 0. The van der Waals surface area contributed by atoms with Crippen LogP contribution in [0.5, 0.6) is 0 Å². The van der Waals surface area contributed by atoms with Gasteiger partial charge >= 0.3 is 19.8 Å². The van der Waals surface area contributed by atoms with Crippen LogP contribution in [0.3, 0.4) is 0 Å². The average Bonchev–Trinajstić information content (AvgIpc) is 2.97. The van der Waals surface area contributed by atoms with Crippen molar-refractivity contribution in [3.05, 3.63) is 19.1 Å². The van der Waals surface area contributed by atoms with Gasteiger partial charge in [0.15, 0.2) is 6.10 Å². The Bertz CT molecular complexity index is 721. The van der Waals surface area contributed by atoms with Gasteiger partial charge in [-0.1, -0.05) is 128 Å². The molecule has 0 aliphatic rings. The molecule has 43 heavy (non-hydrogen) atoms. The highest BCUT2D eigenvalue weighted by Crippen LogP contribution is 2.36. The molecule has 1 atom stereocenters. The van der Waals surface area contributed by atoms with Crippen molar-refractivity contribution in [1.82, 2.24) is 0 Å². The first-order valence-electron chi connectivity index (χ1n) is 17.3. The van der Waals surface area contributed by atoms with Gasteiger partial charge in [0.2, 0.25) is 0 Å². The Balaban J connectivity index is 3.99. The van der Waals surface area contributed by atoms with E-state index in [1.165, 1.54) is 77.0 Å². The number of hydrogen-bond donors (Lipinski definition) is 2. The smallest absolute Gasteiger partial charge is 0.462 e. The summed E-state index contributed by atoms with van der Waals surface area (Å²) < 4.78 is 26.2. The summed E-state index contributed by atoms with van der Waals surface area (Å²) in [6.07, 6.45) is 30.1. The molecule has 0 aromatic carbocycles. The van der Waals surface area contributed by atoms with E-state index in [0.717, 1.165) is 64.2 Å². The van der Waals surface area contributed by atoms with Gasteiger partial charge < -0.3 is 26.2 Å². The number of phosphoric acid groups is 1. The number of rotatable bonds is 32. The number of carbonyl (C=O) groups is 2. The highest BCUT2D eigenvalue weighted by atomic mass is 31.2. The zero-order chi connectivity index (χ0) is 31.9. The number of esters is 2. The normalized spacial score (nSPS) is 12.6. The van der Waals surface area contributed by atoms with Crippen LogP contribution >= 0.6 is 7.82 Å². The Morgan fingerprint density at radius 3 is 1.58 bits per heavy atom. The van der Waals surface area contributed by atoms with Crippen LogP contribution in [0, 0.1) is 6.92 Å². The number of ether oxygens (including phenoxy) is 2. The summed E-state index contributed by atoms with van der Waals surface area (Å²) in [5.41, 5.74) is 0. The number of unbranched alkanes of at least 4 members (excludes halogenated alkanes) is 20. The monoisotopic (exact) mass is 631 g/mol. The Hall–Kier alpha value is -1.21. The minimum absolute atomic E-state index is 0.200. The van der Waals surface area contributed by atoms with Gasteiger partial charge in [0.05, 0.1) is 6.61 Å². The molecule has 0 unspecified atom stereocenters. The predicted molar refractivity (Wildman–Crippen MR) is 174 cm³/mol. The Morgan fingerprint density at radius 2 is 1.09 bits per heavy atom. The van der Waals surface area contributed by atoms with E-state index in [2.05, 4.69) is 30.5 Å². The molecule has 0 aromatic heterocycles. The molecule has 0 aliphatic carbocycles. The van der Waals surface area contributed by atoms with Gasteiger partial charge in [-0.05, 0) is 32.1 Å². The topological polar surface area (TPSA) is 119 Å². The van der Waals surface area contributed by atoms with E-state index >= 15 is 0 Å². The van der Waals surface area contributed by atoms with Gasteiger partial charge in [0.1, 0.15) is 6.61 Å². The molecule has 0 aromatic rings. The first kappa shape index (κ1) is 41.8. The average molecular weight is 632 g/mol. The fourth-order valence-electron chi connectivity index (χ4n) is 4.82. The zero-order valence-corrected chi connectivity index (χ0v) is 28.2. The van der Waals surface area contributed by atoms with E-state index in [1.54, 1.807) is 0 Å². The minimum atomic E-state index is -4.74. The van der Waals surface area contributed by atoms with Gasteiger partial charge in [0, 0.05) is 12.8 Å². The van der Waals surface area contributed by atoms with Crippen molar-refractivity contribution < 1.29 is 37.9 Å². The maximum absolute atomic E-state index is 12.3. The van der Waals surface area contributed by atoms with Gasteiger partial charge in [-0.3, -0.25) is 14.1 Å². The van der Waals surface area contributed by atoms with E-state index in [0.29, 0.717) is 6.42 Å². The van der Waals surface area contributed by atoms with Crippen LogP contribution in [0.25, 0.3) is 0 Å². The molecule has 0 bridgehead atoms. The fraction of sp³-hybridized carbons (Fsp3) is 0.853. The summed E-state index contributed by atoms with van der Waals surface area (Å²) in [6.45, 7) is 5.27. The van der Waals surface area contributed by atoms with Crippen LogP contribution in [-0.4, -0.2) is 41.0 Å². The second-order valence-corrected chi connectivity index (χ2v) is 12.9. The SMILES string of the molecule is [CH2-]CCCC/C=C\CCCCCCCC(=O)O[C@H](COC(=O)CCCCCCCCCCCCCCC)COP(=O)(O)O. The molecule has 0 saturated heterocycles. The fourth-order valence-corrected chi connectivity index (χ4v) is 5.18. The summed E-state index contributed by atoms with van der Waals surface area (Å²) in [7, 11) is -4.74. The second-order valence-electron chi connectivity index (χ2n) is 11.7. The Morgan fingerprint density at radius 1 is 0.651 bits per heavy atom. The molecule has 8 nitrogen and oxygen atoms in total. The van der Waals surface area contributed by atoms with Crippen LogP contribution < -0.4 is 0 Å². The second kappa shape index (κ2) is 30.8. The summed E-state index contributed by atoms with van der Waals surface area (Å²) in [5, 5.41) is 0. The van der Waals surface area contributed by atoms with Crippen LogP contribution in [-0.2, 0) is 28.2 Å². The van der Waals surface area contributed by atoms with Crippen molar-refractivity contribution in [2.24, 2.45) is 0 Å². The third kappa shape index (κ3) is 33.5. The van der Waals surface area contributed by atoms with Crippen molar-refractivity contribution in [2.45, 2.75) is 174 Å². The Labute approximate surface area is 263 Å². The highest BCUT2D eigenvalue weighted by molar-refractivity contribution is 7.46. The standard InChI is InChI=1S/C34H64O8P/c1-3-5-7-9-11-13-15-17-19-20-22-24-26-28-33(35)40-30-32(31-41-43(37,38)39)42-34(36)29-27-25-23-21-18-16-14-12-10-8-6-4-2/h12,14,32H,2-11,13,15-31H2,1H3,(H2,37,38,39)/q-1/b14-12-/t32-/m1/s1. The van der Waals surface area contributed by atoms with Crippen molar-refractivity contribution in [3.8, 4) is 0 Å². The summed E-state index contributed by atoms with van der Waals surface area (Å²) >= 11 is 0. The maximum Gasteiger partial charge on any atom is 0.469 e. The van der Waals surface area contributed by atoms with Crippen molar-refractivity contribution in [1.29, 1.82) is 0 Å². The van der Waals surface area contributed by atoms with Crippen LogP contribution in [0.4, 0.5) is 0 Å². The quantitative estimate of drug-likeness (QED) is 0.0248. The molecule has 0 fully saturated rings. The van der Waals surface area contributed by atoms with Crippen molar-refractivity contribution in [3.63, 3.8) is 0 Å². The van der Waals surface area contributed by atoms with Crippen LogP contribution in [0.2, 0.25) is 0 Å². The molecule has 0 rings (SSSR count). The van der Waals surface area contributed by atoms with Gasteiger partial charge in [-0.2, -0.15) is 6.42 Å². The Kier molecular flexibility index (Phi) is 29.9. The number of hydrogen-bond acceptors (Lipinski definition) is 6. The molecule has 2 N–H and O–H groups in total. The molecule has 0 aliphatic heterocycles. The lowest BCUT2D eigenvalue weighted by Crippen LogP contribution is -2.29. The predicted octanol–water partition coefficient (Wildman–Crippen LogP) is 9.71. The molecule has 9 heteroatoms. The number of allylic oxidation sites excluding steroid dienone is 2. The first-order valence-corrected chi connectivity index (χ1v) is 18.8. The lowest BCUT2D eigenvalue weighted by Gasteiger charge is -2.18. The third-order valence-electron chi connectivity index (χ3n) is 7.43. The lowest BCUT2D eigenvalue weighted by atomic mass is 10.0. The van der Waals surface area contributed by atoms with Crippen molar-refractivity contribution >= 4 is 19.8 Å². The van der Waals surface area contributed by atoms with Gasteiger partial charge in [0.25, 0.3) is 0 Å². The molecule has 0 heterocycles. The largest absolute Gasteiger partial charge is 0.469 e. The zero-order valence-electron chi connectivity index (χ0n) is 27.3. The van der Waals surface area contributed by atoms with Crippen molar-refractivity contribution in [2.75, 3.05) is 13.2 Å². The third-order valence-corrected chi connectivity index (χ3v) is 7.92. The van der Waals surface area contributed by atoms with E-state index < -0.39 is 32.5 Å².